The summed E-state index contributed by atoms with van der Waals surface area (Å²) in [7, 11) is 3.55. The molecule has 0 aromatic heterocycles. The molecule has 0 saturated heterocycles. The minimum Gasteiger partial charge on any atom is -0.356 e. The van der Waals surface area contributed by atoms with Crippen molar-refractivity contribution < 1.29 is 4.79 Å². The standard InChI is InChI=1S/C21H27ClN4O/c1-23-21(24-13-11-17-9-6-10-19(22)15-17)25-14-12-20(27)26(2)16-18-7-4-3-5-8-18/h3-10,15H,11-14,16H2,1-2H3,(H2,23,24,25). The topological polar surface area (TPSA) is 56.7 Å². The lowest BCUT2D eigenvalue weighted by atomic mass is 10.1. The molecule has 144 valence electrons. The fraction of sp³-hybridized carbons (Fsp3) is 0.333. The van der Waals surface area contributed by atoms with Crippen molar-refractivity contribution in [1.29, 1.82) is 0 Å². The van der Waals surface area contributed by atoms with E-state index in [1.807, 2.05) is 61.6 Å². The van der Waals surface area contributed by atoms with Crippen LogP contribution in [0.25, 0.3) is 0 Å². The van der Waals surface area contributed by atoms with Gasteiger partial charge in [0.25, 0.3) is 0 Å². The summed E-state index contributed by atoms with van der Waals surface area (Å²) in [6.45, 7) is 1.89. The number of aliphatic imine (C=N–C) groups is 1. The molecule has 0 unspecified atom stereocenters. The Hall–Kier alpha value is -2.53. The Balaban J connectivity index is 1.67. The average Bonchev–Trinajstić information content (AvgIpc) is 2.67. The van der Waals surface area contributed by atoms with E-state index in [-0.39, 0.29) is 5.91 Å². The number of carbonyl (C=O) groups is 1. The minimum absolute atomic E-state index is 0.0979. The van der Waals surface area contributed by atoms with Gasteiger partial charge in [-0.1, -0.05) is 54.1 Å². The van der Waals surface area contributed by atoms with Crippen LogP contribution in [0.15, 0.2) is 59.6 Å². The number of hydrogen-bond donors (Lipinski definition) is 2. The fourth-order valence-electron chi connectivity index (χ4n) is 2.66. The lowest BCUT2D eigenvalue weighted by molar-refractivity contribution is -0.130. The molecule has 0 atom stereocenters. The van der Waals surface area contributed by atoms with Crippen LogP contribution in [0.1, 0.15) is 17.5 Å². The van der Waals surface area contributed by atoms with Crippen LogP contribution in [0.5, 0.6) is 0 Å². The number of amides is 1. The molecule has 2 rings (SSSR count). The third-order valence-corrected chi connectivity index (χ3v) is 4.37. The van der Waals surface area contributed by atoms with E-state index in [2.05, 4.69) is 15.6 Å². The molecule has 5 nitrogen and oxygen atoms in total. The number of rotatable bonds is 8. The van der Waals surface area contributed by atoms with Gasteiger partial charge in [0, 0.05) is 45.2 Å². The van der Waals surface area contributed by atoms with Gasteiger partial charge in [-0.3, -0.25) is 9.79 Å². The normalized spacial score (nSPS) is 11.1. The summed E-state index contributed by atoms with van der Waals surface area (Å²) in [5.74, 6) is 0.788. The quantitative estimate of drug-likeness (QED) is 0.541. The number of nitrogens with one attached hydrogen (secondary N) is 2. The zero-order valence-corrected chi connectivity index (χ0v) is 16.7. The summed E-state index contributed by atoms with van der Waals surface area (Å²) in [4.78, 5) is 18.2. The van der Waals surface area contributed by atoms with E-state index in [0.717, 1.165) is 23.6 Å². The summed E-state index contributed by atoms with van der Waals surface area (Å²) in [5, 5.41) is 7.18. The highest BCUT2D eigenvalue weighted by molar-refractivity contribution is 6.30. The highest BCUT2D eigenvalue weighted by Gasteiger charge is 2.09. The highest BCUT2D eigenvalue weighted by atomic mass is 35.5. The Morgan fingerprint density at radius 3 is 2.44 bits per heavy atom. The Bertz CT molecular complexity index is 749. The molecule has 2 N–H and O–H groups in total. The first-order chi connectivity index (χ1) is 13.1. The van der Waals surface area contributed by atoms with E-state index in [9.17, 15) is 4.79 Å². The summed E-state index contributed by atoms with van der Waals surface area (Å²) in [6, 6.07) is 17.8. The van der Waals surface area contributed by atoms with Gasteiger partial charge >= 0.3 is 0 Å². The summed E-state index contributed by atoms with van der Waals surface area (Å²) >= 11 is 6.00. The molecule has 0 spiro atoms. The first kappa shape index (κ1) is 20.8. The molecule has 0 bridgehead atoms. The summed E-state index contributed by atoms with van der Waals surface area (Å²) in [5.41, 5.74) is 2.29. The van der Waals surface area contributed by atoms with Gasteiger partial charge in [0.05, 0.1) is 0 Å². The first-order valence-electron chi connectivity index (χ1n) is 9.05. The second kappa shape index (κ2) is 11.2. The molecule has 0 fully saturated rings. The van der Waals surface area contributed by atoms with Crippen LogP contribution in [0.4, 0.5) is 0 Å². The second-order valence-electron chi connectivity index (χ2n) is 6.29. The molecular weight excluding hydrogens is 360 g/mol. The van der Waals surface area contributed by atoms with Crippen molar-refractivity contribution in [3.8, 4) is 0 Å². The second-order valence-corrected chi connectivity index (χ2v) is 6.73. The maximum atomic E-state index is 12.3. The Labute approximate surface area is 166 Å². The molecular formula is C21H27ClN4O. The van der Waals surface area contributed by atoms with Crippen LogP contribution in [0.2, 0.25) is 5.02 Å². The van der Waals surface area contributed by atoms with E-state index in [1.165, 1.54) is 5.56 Å². The molecule has 0 radical (unpaired) electrons. The molecule has 0 aliphatic carbocycles. The zero-order valence-electron chi connectivity index (χ0n) is 15.9. The number of benzene rings is 2. The van der Waals surface area contributed by atoms with E-state index in [1.54, 1.807) is 11.9 Å². The lowest BCUT2D eigenvalue weighted by Gasteiger charge is -2.18. The molecule has 0 aliphatic rings. The van der Waals surface area contributed by atoms with Gasteiger partial charge in [-0.15, -0.1) is 0 Å². The fourth-order valence-corrected chi connectivity index (χ4v) is 2.88. The van der Waals surface area contributed by atoms with Crippen molar-refractivity contribution >= 4 is 23.5 Å². The number of carbonyl (C=O) groups excluding carboxylic acids is 1. The highest BCUT2D eigenvalue weighted by Crippen LogP contribution is 2.10. The number of halogens is 1. The number of nitrogens with zero attached hydrogens (tertiary/aromatic N) is 2. The maximum Gasteiger partial charge on any atom is 0.224 e. The predicted molar refractivity (Wildman–Crippen MR) is 112 cm³/mol. The average molecular weight is 387 g/mol. The minimum atomic E-state index is 0.0979. The van der Waals surface area contributed by atoms with Gasteiger partial charge in [-0.2, -0.15) is 0 Å². The van der Waals surface area contributed by atoms with Gasteiger partial charge in [0.2, 0.25) is 5.91 Å². The maximum absolute atomic E-state index is 12.3. The van der Waals surface area contributed by atoms with E-state index >= 15 is 0 Å². The van der Waals surface area contributed by atoms with Crippen molar-refractivity contribution in [1.82, 2.24) is 15.5 Å². The third kappa shape index (κ3) is 7.71. The molecule has 6 heteroatoms. The van der Waals surface area contributed by atoms with Crippen molar-refractivity contribution in [3.63, 3.8) is 0 Å². The molecule has 2 aromatic carbocycles. The van der Waals surface area contributed by atoms with Crippen LogP contribution < -0.4 is 10.6 Å². The molecule has 1 amide bonds. The number of hydrogen-bond acceptors (Lipinski definition) is 2. The van der Waals surface area contributed by atoms with Gasteiger partial charge in [-0.25, -0.2) is 0 Å². The lowest BCUT2D eigenvalue weighted by Crippen LogP contribution is -2.40. The van der Waals surface area contributed by atoms with E-state index < -0.39 is 0 Å². The predicted octanol–water partition coefficient (Wildman–Crippen LogP) is 3.10. The smallest absolute Gasteiger partial charge is 0.224 e. The van der Waals surface area contributed by atoms with Crippen molar-refractivity contribution in [2.45, 2.75) is 19.4 Å². The van der Waals surface area contributed by atoms with Crippen LogP contribution in [0, 0.1) is 0 Å². The van der Waals surface area contributed by atoms with Crippen molar-refractivity contribution in [2.75, 3.05) is 27.2 Å². The van der Waals surface area contributed by atoms with Crippen LogP contribution in [-0.2, 0) is 17.8 Å². The van der Waals surface area contributed by atoms with E-state index in [4.69, 9.17) is 11.6 Å². The van der Waals surface area contributed by atoms with Gasteiger partial charge in [-0.05, 0) is 29.7 Å². The first-order valence-corrected chi connectivity index (χ1v) is 9.43. The molecule has 27 heavy (non-hydrogen) atoms. The molecule has 0 aliphatic heterocycles. The zero-order chi connectivity index (χ0) is 19.5. The van der Waals surface area contributed by atoms with Crippen molar-refractivity contribution in [2.24, 2.45) is 4.99 Å². The van der Waals surface area contributed by atoms with Crippen LogP contribution in [0.3, 0.4) is 0 Å². The number of guanidine groups is 1. The van der Waals surface area contributed by atoms with Crippen LogP contribution >= 0.6 is 11.6 Å². The van der Waals surface area contributed by atoms with Crippen LogP contribution in [-0.4, -0.2) is 44.0 Å². The van der Waals surface area contributed by atoms with Gasteiger partial charge < -0.3 is 15.5 Å². The molecule has 2 aromatic rings. The van der Waals surface area contributed by atoms with Gasteiger partial charge in [0.1, 0.15) is 0 Å². The SMILES string of the molecule is CN=C(NCCC(=O)N(C)Cc1ccccc1)NCCc1cccc(Cl)c1. The van der Waals surface area contributed by atoms with Gasteiger partial charge in [0.15, 0.2) is 5.96 Å². The van der Waals surface area contributed by atoms with Crippen molar-refractivity contribution in [3.05, 3.63) is 70.7 Å². The third-order valence-electron chi connectivity index (χ3n) is 4.14. The largest absolute Gasteiger partial charge is 0.356 e. The summed E-state index contributed by atoms with van der Waals surface area (Å²) in [6.07, 6.45) is 1.26. The Kier molecular flexibility index (Phi) is 8.65. The monoisotopic (exact) mass is 386 g/mol. The molecule has 0 heterocycles. The Morgan fingerprint density at radius 1 is 1.04 bits per heavy atom. The Morgan fingerprint density at radius 2 is 1.74 bits per heavy atom. The van der Waals surface area contributed by atoms with E-state index in [0.29, 0.717) is 25.5 Å². The molecule has 0 saturated carbocycles. The summed E-state index contributed by atoms with van der Waals surface area (Å²) < 4.78 is 0.